The second-order valence-corrected chi connectivity index (χ2v) is 5.65. The van der Waals surface area contributed by atoms with Gasteiger partial charge in [0, 0.05) is 26.1 Å². The molecule has 104 valence electrons. The van der Waals surface area contributed by atoms with Gasteiger partial charge in [-0.15, -0.1) is 0 Å². The van der Waals surface area contributed by atoms with Gasteiger partial charge in [0.05, 0.1) is 6.10 Å². The number of nitrogens with zero attached hydrogens (tertiary/aromatic N) is 1. The molecule has 2 unspecified atom stereocenters. The Hall–Kier alpha value is -0.610. The third kappa shape index (κ3) is 3.04. The molecule has 0 radical (unpaired) electrons. The zero-order chi connectivity index (χ0) is 13.0. The maximum Gasteiger partial charge on any atom is 0.226 e. The van der Waals surface area contributed by atoms with E-state index in [9.17, 15) is 4.79 Å². The highest BCUT2D eigenvalue weighted by Crippen LogP contribution is 2.31. The fourth-order valence-corrected chi connectivity index (χ4v) is 3.36. The van der Waals surface area contributed by atoms with Crippen molar-refractivity contribution in [3.63, 3.8) is 0 Å². The van der Waals surface area contributed by atoms with Crippen LogP contribution in [0, 0.1) is 11.8 Å². The fourth-order valence-electron chi connectivity index (χ4n) is 3.36. The largest absolute Gasteiger partial charge is 0.381 e. The summed E-state index contributed by atoms with van der Waals surface area (Å²) in [4.78, 5) is 14.6. The average molecular weight is 254 g/mol. The van der Waals surface area contributed by atoms with E-state index in [4.69, 9.17) is 10.5 Å². The van der Waals surface area contributed by atoms with Gasteiger partial charge >= 0.3 is 0 Å². The molecule has 4 nitrogen and oxygen atoms in total. The molecule has 2 aliphatic rings. The van der Waals surface area contributed by atoms with Crippen molar-refractivity contribution in [2.45, 2.75) is 44.6 Å². The normalized spacial score (nSPS) is 30.4. The number of carbonyl (C=O) groups is 1. The van der Waals surface area contributed by atoms with Crippen molar-refractivity contribution in [2.24, 2.45) is 17.6 Å². The average Bonchev–Trinajstić information content (AvgIpc) is 2.46. The lowest BCUT2D eigenvalue weighted by molar-refractivity contribution is -0.140. The number of piperidine rings is 1. The number of hydrogen-bond acceptors (Lipinski definition) is 3. The number of methoxy groups -OCH3 is 1. The van der Waals surface area contributed by atoms with Gasteiger partial charge in [0.15, 0.2) is 0 Å². The molecule has 0 bridgehead atoms. The Kier molecular flexibility index (Phi) is 5.01. The van der Waals surface area contributed by atoms with Crippen LogP contribution in [0.15, 0.2) is 0 Å². The molecule has 4 heteroatoms. The van der Waals surface area contributed by atoms with E-state index >= 15 is 0 Å². The summed E-state index contributed by atoms with van der Waals surface area (Å²) in [7, 11) is 1.76. The predicted molar refractivity (Wildman–Crippen MR) is 71.1 cm³/mol. The van der Waals surface area contributed by atoms with Gasteiger partial charge in [0.1, 0.15) is 0 Å². The van der Waals surface area contributed by atoms with Gasteiger partial charge in [0.25, 0.3) is 0 Å². The monoisotopic (exact) mass is 254 g/mol. The molecule has 1 aliphatic heterocycles. The molecule has 0 aromatic carbocycles. The van der Waals surface area contributed by atoms with Crippen LogP contribution >= 0.6 is 0 Å². The number of amides is 1. The Morgan fingerprint density at radius 1 is 1.22 bits per heavy atom. The Morgan fingerprint density at radius 3 is 2.50 bits per heavy atom. The van der Waals surface area contributed by atoms with Crippen molar-refractivity contribution in [2.75, 3.05) is 26.7 Å². The molecule has 0 spiro atoms. The van der Waals surface area contributed by atoms with Crippen LogP contribution in [0.25, 0.3) is 0 Å². The quantitative estimate of drug-likeness (QED) is 0.828. The molecule has 2 fully saturated rings. The molecular weight excluding hydrogens is 228 g/mol. The van der Waals surface area contributed by atoms with Gasteiger partial charge in [-0.1, -0.05) is 12.8 Å². The van der Waals surface area contributed by atoms with Crippen LogP contribution in [0.3, 0.4) is 0 Å². The first-order valence-electron chi connectivity index (χ1n) is 7.28. The molecule has 2 rings (SSSR count). The fraction of sp³-hybridized carbons (Fsp3) is 0.929. The summed E-state index contributed by atoms with van der Waals surface area (Å²) in [5.74, 6) is 0.939. The van der Waals surface area contributed by atoms with E-state index in [1.54, 1.807) is 7.11 Å². The highest BCUT2D eigenvalue weighted by molar-refractivity contribution is 5.79. The highest BCUT2D eigenvalue weighted by Gasteiger charge is 2.34. The van der Waals surface area contributed by atoms with E-state index in [0.29, 0.717) is 24.5 Å². The molecule has 1 saturated carbocycles. The van der Waals surface area contributed by atoms with Crippen molar-refractivity contribution in [1.82, 2.24) is 4.90 Å². The van der Waals surface area contributed by atoms with E-state index in [0.717, 1.165) is 38.8 Å². The van der Waals surface area contributed by atoms with E-state index < -0.39 is 0 Å². The second-order valence-electron chi connectivity index (χ2n) is 5.65. The smallest absolute Gasteiger partial charge is 0.226 e. The van der Waals surface area contributed by atoms with E-state index in [-0.39, 0.29) is 5.92 Å². The number of carbonyl (C=O) groups excluding carboxylic acids is 1. The number of nitrogens with two attached hydrogens (primary N) is 1. The summed E-state index contributed by atoms with van der Waals surface area (Å²) in [5, 5.41) is 0. The Morgan fingerprint density at radius 2 is 1.89 bits per heavy atom. The summed E-state index contributed by atoms with van der Waals surface area (Å²) in [5.41, 5.74) is 5.81. The lowest BCUT2D eigenvalue weighted by atomic mass is 9.78. The summed E-state index contributed by atoms with van der Waals surface area (Å²) in [6.45, 7) is 2.36. The van der Waals surface area contributed by atoms with Crippen LogP contribution < -0.4 is 5.73 Å². The van der Waals surface area contributed by atoms with Crippen LogP contribution in [0.1, 0.15) is 38.5 Å². The van der Waals surface area contributed by atoms with Crippen LogP contribution in [0.4, 0.5) is 0 Å². The number of likely N-dealkylation sites (tertiary alicyclic amines) is 1. The lowest BCUT2D eigenvalue weighted by Gasteiger charge is -2.37. The van der Waals surface area contributed by atoms with Crippen LogP contribution in [0.5, 0.6) is 0 Å². The molecule has 0 aromatic heterocycles. The predicted octanol–water partition coefficient (Wildman–Crippen LogP) is 1.39. The maximum absolute atomic E-state index is 12.5. The minimum atomic E-state index is 0.183. The maximum atomic E-state index is 12.5. The second kappa shape index (κ2) is 6.53. The van der Waals surface area contributed by atoms with Gasteiger partial charge in [-0.25, -0.2) is 0 Å². The van der Waals surface area contributed by atoms with Gasteiger partial charge in [-0.05, 0) is 38.1 Å². The van der Waals surface area contributed by atoms with E-state index in [2.05, 4.69) is 0 Å². The molecule has 1 aliphatic carbocycles. The molecule has 1 saturated heterocycles. The van der Waals surface area contributed by atoms with Crippen molar-refractivity contribution in [3.8, 4) is 0 Å². The van der Waals surface area contributed by atoms with Gasteiger partial charge in [-0.2, -0.15) is 0 Å². The van der Waals surface area contributed by atoms with Crippen molar-refractivity contribution >= 4 is 5.91 Å². The minimum Gasteiger partial charge on any atom is -0.381 e. The number of ether oxygens (including phenoxy) is 1. The first-order valence-corrected chi connectivity index (χ1v) is 7.28. The zero-order valence-corrected chi connectivity index (χ0v) is 11.4. The molecule has 1 heterocycles. The molecule has 18 heavy (non-hydrogen) atoms. The zero-order valence-electron chi connectivity index (χ0n) is 11.4. The van der Waals surface area contributed by atoms with Gasteiger partial charge < -0.3 is 15.4 Å². The molecule has 2 atom stereocenters. The summed E-state index contributed by atoms with van der Waals surface area (Å²) in [6.07, 6.45) is 6.86. The SMILES string of the molecule is COC1CCN(C(=O)C2CCCCC2CN)CC1. The van der Waals surface area contributed by atoms with E-state index in [1.807, 2.05) is 4.90 Å². The first kappa shape index (κ1) is 13.8. The third-order valence-electron chi connectivity index (χ3n) is 4.62. The van der Waals surface area contributed by atoms with Gasteiger partial charge in [-0.3, -0.25) is 4.79 Å². The van der Waals surface area contributed by atoms with Crippen LogP contribution in [-0.4, -0.2) is 43.7 Å². The van der Waals surface area contributed by atoms with Crippen molar-refractivity contribution in [1.29, 1.82) is 0 Å². The Labute approximate surface area is 110 Å². The van der Waals surface area contributed by atoms with Gasteiger partial charge in [0.2, 0.25) is 5.91 Å². The topological polar surface area (TPSA) is 55.6 Å². The molecule has 2 N–H and O–H groups in total. The van der Waals surface area contributed by atoms with Crippen molar-refractivity contribution < 1.29 is 9.53 Å². The van der Waals surface area contributed by atoms with Crippen LogP contribution in [-0.2, 0) is 9.53 Å². The molecule has 0 aromatic rings. The summed E-state index contributed by atoms with van der Waals surface area (Å²) >= 11 is 0. The number of hydrogen-bond donors (Lipinski definition) is 1. The lowest BCUT2D eigenvalue weighted by Crippen LogP contribution is -2.46. The highest BCUT2D eigenvalue weighted by atomic mass is 16.5. The molecule has 1 amide bonds. The molecular formula is C14H26N2O2. The standard InChI is InChI=1S/C14H26N2O2/c1-18-12-6-8-16(9-7-12)14(17)13-5-3-2-4-11(13)10-15/h11-13H,2-10,15H2,1H3. The van der Waals surface area contributed by atoms with Crippen molar-refractivity contribution in [3.05, 3.63) is 0 Å². The van der Waals surface area contributed by atoms with Crippen LogP contribution in [0.2, 0.25) is 0 Å². The Bertz CT molecular complexity index is 275. The third-order valence-corrected chi connectivity index (χ3v) is 4.62. The van der Waals surface area contributed by atoms with E-state index in [1.165, 1.54) is 12.8 Å². The Balaban J connectivity index is 1.90. The first-order chi connectivity index (χ1) is 8.76. The summed E-state index contributed by atoms with van der Waals surface area (Å²) < 4.78 is 5.35. The number of rotatable bonds is 3. The minimum absolute atomic E-state index is 0.183. The summed E-state index contributed by atoms with van der Waals surface area (Å²) in [6, 6.07) is 0.